The van der Waals surface area contributed by atoms with E-state index in [1.165, 1.54) is 0 Å². The van der Waals surface area contributed by atoms with Crippen molar-refractivity contribution in [3.05, 3.63) is 52.5 Å². The second kappa shape index (κ2) is 4.94. The van der Waals surface area contributed by atoms with E-state index in [2.05, 4.69) is 44.3 Å². The second-order valence-corrected chi connectivity index (χ2v) is 5.32. The van der Waals surface area contributed by atoms with Gasteiger partial charge < -0.3 is 10.2 Å². The molecule has 0 spiro atoms. The first-order chi connectivity index (χ1) is 9.28. The Kier molecular flexibility index (Phi) is 3.14. The van der Waals surface area contributed by atoms with Crippen molar-refractivity contribution in [1.82, 2.24) is 0 Å². The number of hydrogen-bond donors (Lipinski definition) is 1. The molecule has 19 heavy (non-hydrogen) atoms. The van der Waals surface area contributed by atoms with E-state index in [1.54, 1.807) is 0 Å². The minimum absolute atomic E-state index is 0.690. The molecule has 0 aromatic heterocycles. The summed E-state index contributed by atoms with van der Waals surface area (Å²) in [6.45, 7) is 1.78. The molecule has 0 bridgehead atoms. The van der Waals surface area contributed by atoms with Crippen LogP contribution in [0.5, 0.6) is 0 Å². The van der Waals surface area contributed by atoms with Gasteiger partial charge >= 0.3 is 0 Å². The van der Waals surface area contributed by atoms with Crippen LogP contribution in [0.25, 0.3) is 0 Å². The number of rotatable bonds is 1. The third kappa shape index (κ3) is 2.29. The molecular weight excluding hydrogens is 302 g/mol. The van der Waals surface area contributed by atoms with E-state index < -0.39 is 0 Å². The lowest BCUT2D eigenvalue weighted by Gasteiger charge is -2.32. The quantitative estimate of drug-likeness (QED) is 0.868. The van der Waals surface area contributed by atoms with Crippen LogP contribution in [0.4, 0.5) is 17.1 Å². The van der Waals surface area contributed by atoms with Gasteiger partial charge in [-0.2, -0.15) is 5.26 Å². The van der Waals surface area contributed by atoms with E-state index in [0.29, 0.717) is 5.56 Å². The van der Waals surface area contributed by atoms with Gasteiger partial charge in [0.15, 0.2) is 0 Å². The molecule has 0 unspecified atom stereocenters. The molecule has 2 aromatic carbocycles. The summed E-state index contributed by atoms with van der Waals surface area (Å²) < 4.78 is 1.06. The monoisotopic (exact) mass is 313 g/mol. The SMILES string of the molecule is N#Cc1cccc(N2CCNc3cc(Br)ccc32)c1. The van der Waals surface area contributed by atoms with Crippen LogP contribution in [-0.2, 0) is 0 Å². The van der Waals surface area contributed by atoms with Gasteiger partial charge in [-0.05, 0) is 36.4 Å². The highest BCUT2D eigenvalue weighted by atomic mass is 79.9. The molecule has 4 heteroatoms. The Balaban J connectivity index is 2.06. The van der Waals surface area contributed by atoms with Crippen molar-refractivity contribution in [3.63, 3.8) is 0 Å². The maximum atomic E-state index is 9.00. The fourth-order valence-corrected chi connectivity index (χ4v) is 2.68. The van der Waals surface area contributed by atoms with Crippen molar-refractivity contribution >= 4 is 33.0 Å². The molecule has 1 aliphatic heterocycles. The normalized spacial score (nSPS) is 13.4. The largest absolute Gasteiger partial charge is 0.382 e. The van der Waals surface area contributed by atoms with Crippen LogP contribution in [0.2, 0.25) is 0 Å². The smallest absolute Gasteiger partial charge is 0.0992 e. The molecule has 1 heterocycles. The fourth-order valence-electron chi connectivity index (χ4n) is 2.32. The molecule has 2 aromatic rings. The lowest BCUT2D eigenvalue weighted by atomic mass is 10.1. The van der Waals surface area contributed by atoms with Crippen molar-refractivity contribution < 1.29 is 0 Å². The standard InChI is InChI=1S/C15H12BrN3/c16-12-4-5-15-14(9-12)18-6-7-19(15)13-3-1-2-11(8-13)10-17/h1-5,8-9,18H,6-7H2. The van der Waals surface area contributed by atoms with Crippen LogP contribution >= 0.6 is 15.9 Å². The third-order valence-electron chi connectivity index (χ3n) is 3.19. The van der Waals surface area contributed by atoms with Crippen LogP contribution < -0.4 is 10.2 Å². The van der Waals surface area contributed by atoms with Crippen molar-refractivity contribution in [1.29, 1.82) is 5.26 Å². The summed E-state index contributed by atoms with van der Waals surface area (Å²) in [5.74, 6) is 0. The zero-order valence-corrected chi connectivity index (χ0v) is 11.8. The van der Waals surface area contributed by atoms with E-state index in [-0.39, 0.29) is 0 Å². The van der Waals surface area contributed by atoms with Crippen LogP contribution in [-0.4, -0.2) is 13.1 Å². The van der Waals surface area contributed by atoms with Gasteiger partial charge in [0, 0.05) is 23.2 Å². The summed E-state index contributed by atoms with van der Waals surface area (Å²) in [7, 11) is 0. The second-order valence-electron chi connectivity index (χ2n) is 4.40. The Bertz CT molecular complexity index is 661. The van der Waals surface area contributed by atoms with Crippen LogP contribution in [0.1, 0.15) is 5.56 Å². The Labute approximate surface area is 120 Å². The lowest BCUT2D eigenvalue weighted by molar-refractivity contribution is 0.926. The number of benzene rings is 2. The maximum absolute atomic E-state index is 9.00. The molecule has 0 atom stereocenters. The van der Waals surface area contributed by atoms with Crippen LogP contribution in [0, 0.1) is 11.3 Å². The summed E-state index contributed by atoms with van der Waals surface area (Å²) >= 11 is 3.49. The highest BCUT2D eigenvalue weighted by Gasteiger charge is 2.18. The Morgan fingerprint density at radius 3 is 2.95 bits per heavy atom. The van der Waals surface area contributed by atoms with Gasteiger partial charge in [-0.15, -0.1) is 0 Å². The van der Waals surface area contributed by atoms with Gasteiger partial charge in [0.2, 0.25) is 0 Å². The first-order valence-corrected chi connectivity index (χ1v) is 6.88. The highest BCUT2D eigenvalue weighted by Crippen LogP contribution is 2.36. The summed E-state index contributed by atoms with van der Waals surface area (Å²) in [6, 6.07) is 16.1. The lowest BCUT2D eigenvalue weighted by Crippen LogP contribution is -2.30. The summed E-state index contributed by atoms with van der Waals surface area (Å²) in [4.78, 5) is 2.24. The van der Waals surface area contributed by atoms with Crippen molar-refractivity contribution in [2.45, 2.75) is 0 Å². The van der Waals surface area contributed by atoms with Crippen molar-refractivity contribution in [2.75, 3.05) is 23.3 Å². The molecule has 0 amide bonds. The molecule has 0 fully saturated rings. The molecule has 0 radical (unpaired) electrons. The number of halogens is 1. The number of nitrogens with one attached hydrogen (secondary N) is 1. The molecule has 3 rings (SSSR count). The molecular formula is C15H12BrN3. The number of nitrogens with zero attached hydrogens (tertiary/aromatic N) is 2. The van der Waals surface area contributed by atoms with E-state index >= 15 is 0 Å². The average molecular weight is 314 g/mol. The van der Waals surface area contributed by atoms with E-state index in [4.69, 9.17) is 5.26 Å². The summed E-state index contributed by atoms with van der Waals surface area (Å²) in [6.07, 6.45) is 0. The molecule has 94 valence electrons. The Morgan fingerprint density at radius 1 is 1.21 bits per heavy atom. The molecule has 0 aliphatic carbocycles. The Hall–Kier alpha value is -1.99. The number of hydrogen-bond acceptors (Lipinski definition) is 3. The molecule has 0 saturated carbocycles. The van der Waals surface area contributed by atoms with E-state index in [0.717, 1.165) is 34.6 Å². The minimum Gasteiger partial charge on any atom is -0.382 e. The predicted molar refractivity (Wildman–Crippen MR) is 80.8 cm³/mol. The maximum Gasteiger partial charge on any atom is 0.0992 e. The van der Waals surface area contributed by atoms with E-state index in [1.807, 2.05) is 30.3 Å². The fraction of sp³-hybridized carbons (Fsp3) is 0.133. The zero-order valence-electron chi connectivity index (χ0n) is 10.2. The number of fused-ring (bicyclic) bond motifs is 1. The molecule has 0 saturated heterocycles. The molecule has 1 aliphatic rings. The van der Waals surface area contributed by atoms with Gasteiger partial charge in [-0.3, -0.25) is 0 Å². The summed E-state index contributed by atoms with van der Waals surface area (Å²) in [5, 5.41) is 12.4. The topological polar surface area (TPSA) is 39.1 Å². The molecule has 3 nitrogen and oxygen atoms in total. The van der Waals surface area contributed by atoms with Gasteiger partial charge in [0.05, 0.1) is 23.0 Å². The van der Waals surface area contributed by atoms with Crippen molar-refractivity contribution in [3.8, 4) is 6.07 Å². The molecule has 1 N–H and O–H groups in total. The first-order valence-electron chi connectivity index (χ1n) is 6.09. The summed E-state index contributed by atoms with van der Waals surface area (Å²) in [5.41, 5.74) is 4.01. The van der Waals surface area contributed by atoms with Crippen molar-refractivity contribution in [2.24, 2.45) is 0 Å². The number of nitriles is 1. The zero-order chi connectivity index (χ0) is 13.2. The number of anilines is 3. The van der Waals surface area contributed by atoms with Crippen LogP contribution in [0.3, 0.4) is 0 Å². The van der Waals surface area contributed by atoms with E-state index in [9.17, 15) is 0 Å². The Morgan fingerprint density at radius 2 is 2.11 bits per heavy atom. The van der Waals surface area contributed by atoms with Crippen LogP contribution in [0.15, 0.2) is 46.9 Å². The third-order valence-corrected chi connectivity index (χ3v) is 3.68. The van der Waals surface area contributed by atoms with Gasteiger partial charge in [-0.25, -0.2) is 0 Å². The van der Waals surface area contributed by atoms with Gasteiger partial charge in [0.25, 0.3) is 0 Å². The minimum atomic E-state index is 0.690. The first kappa shape index (κ1) is 12.1. The predicted octanol–water partition coefficient (Wildman–Crippen LogP) is 3.88. The van der Waals surface area contributed by atoms with Gasteiger partial charge in [-0.1, -0.05) is 22.0 Å². The average Bonchev–Trinajstić information content (AvgIpc) is 2.46. The van der Waals surface area contributed by atoms with Gasteiger partial charge in [0.1, 0.15) is 0 Å². The highest BCUT2D eigenvalue weighted by molar-refractivity contribution is 9.10.